The first-order valence-electron chi connectivity index (χ1n) is 7.62. The van der Waals surface area contributed by atoms with Crippen molar-refractivity contribution >= 4 is 5.69 Å². The topological polar surface area (TPSA) is 9.72 Å². The summed E-state index contributed by atoms with van der Waals surface area (Å²) in [5, 5.41) is 0. The maximum atomic E-state index is 12.9. The summed E-state index contributed by atoms with van der Waals surface area (Å²) in [6.07, 6.45) is 0. The molecule has 0 saturated carbocycles. The number of anilines is 1. The molecule has 0 atom stereocenters. The van der Waals surface area contributed by atoms with Crippen LogP contribution >= 0.6 is 0 Å². The molecule has 4 heteroatoms. The monoisotopic (exact) mass is 277 g/mol. The molecule has 0 bridgehead atoms. The molecule has 0 aliphatic carbocycles. The van der Waals surface area contributed by atoms with Gasteiger partial charge in [0.05, 0.1) is 0 Å². The van der Waals surface area contributed by atoms with Gasteiger partial charge in [-0.15, -0.1) is 0 Å². The van der Waals surface area contributed by atoms with Crippen LogP contribution in [-0.4, -0.2) is 61.2 Å². The lowest BCUT2D eigenvalue weighted by Gasteiger charge is -2.50. The molecule has 3 nitrogen and oxygen atoms in total. The van der Waals surface area contributed by atoms with Gasteiger partial charge in [0, 0.05) is 57.0 Å². The van der Waals surface area contributed by atoms with Gasteiger partial charge in [0.25, 0.3) is 0 Å². The predicted octanol–water partition coefficient (Wildman–Crippen LogP) is 2.04. The van der Waals surface area contributed by atoms with E-state index in [2.05, 4.69) is 28.5 Å². The van der Waals surface area contributed by atoms with Gasteiger partial charge in [0.1, 0.15) is 5.82 Å². The second kappa shape index (κ2) is 5.70. The Labute approximate surface area is 121 Å². The Balaban J connectivity index is 1.49. The minimum absolute atomic E-state index is 0.157. The van der Waals surface area contributed by atoms with Crippen LogP contribution in [0, 0.1) is 5.82 Å². The van der Waals surface area contributed by atoms with E-state index in [4.69, 9.17) is 0 Å². The largest absolute Gasteiger partial charge is 0.369 e. The van der Waals surface area contributed by atoms with Gasteiger partial charge in [-0.25, -0.2) is 4.39 Å². The quantitative estimate of drug-likeness (QED) is 0.837. The molecule has 0 N–H and O–H groups in total. The summed E-state index contributed by atoms with van der Waals surface area (Å²) in [4.78, 5) is 7.49. The lowest BCUT2D eigenvalue weighted by Crippen LogP contribution is -2.64. The van der Waals surface area contributed by atoms with Crippen molar-refractivity contribution < 1.29 is 4.39 Å². The molecule has 1 aromatic carbocycles. The summed E-state index contributed by atoms with van der Waals surface area (Å²) in [7, 11) is 0. The van der Waals surface area contributed by atoms with E-state index < -0.39 is 0 Å². The summed E-state index contributed by atoms with van der Waals surface area (Å²) in [6, 6.07) is 8.28. The predicted molar refractivity (Wildman–Crippen MR) is 80.7 cm³/mol. The van der Waals surface area contributed by atoms with Gasteiger partial charge in [-0.1, -0.05) is 0 Å². The van der Waals surface area contributed by atoms with Gasteiger partial charge in [-0.05, 0) is 38.1 Å². The molecule has 0 radical (unpaired) electrons. The Bertz CT molecular complexity index is 432. The second-order valence-corrected chi connectivity index (χ2v) is 6.20. The van der Waals surface area contributed by atoms with Crippen LogP contribution < -0.4 is 4.90 Å². The fourth-order valence-electron chi connectivity index (χ4n) is 3.14. The third-order valence-corrected chi connectivity index (χ3v) is 4.64. The zero-order valence-electron chi connectivity index (χ0n) is 12.4. The van der Waals surface area contributed by atoms with E-state index in [1.165, 1.54) is 13.1 Å². The molecule has 1 aromatic rings. The SMILES string of the molecule is CC(C)N1CC(N2CCN(c3ccc(F)cc3)CC2)C1. The lowest BCUT2D eigenvalue weighted by atomic mass is 10.0. The highest BCUT2D eigenvalue weighted by atomic mass is 19.1. The maximum Gasteiger partial charge on any atom is 0.123 e. The van der Waals surface area contributed by atoms with Crippen LogP contribution in [0.2, 0.25) is 0 Å². The average molecular weight is 277 g/mol. The van der Waals surface area contributed by atoms with Crippen LogP contribution in [0.25, 0.3) is 0 Å². The van der Waals surface area contributed by atoms with Crippen molar-refractivity contribution in [2.75, 3.05) is 44.2 Å². The van der Waals surface area contributed by atoms with E-state index in [0.29, 0.717) is 6.04 Å². The third kappa shape index (κ3) is 2.81. The Morgan fingerprint density at radius 2 is 1.60 bits per heavy atom. The molecule has 2 heterocycles. The number of rotatable bonds is 3. The molecule has 20 heavy (non-hydrogen) atoms. The van der Waals surface area contributed by atoms with E-state index in [0.717, 1.165) is 37.9 Å². The number of piperazine rings is 1. The standard InChI is InChI=1S/C16H24FN3/c1-13(2)20-11-16(12-20)19-9-7-18(8-10-19)15-5-3-14(17)4-6-15/h3-6,13,16H,7-12H2,1-2H3. The van der Waals surface area contributed by atoms with Crippen LogP contribution in [0.5, 0.6) is 0 Å². The Morgan fingerprint density at radius 1 is 1.00 bits per heavy atom. The van der Waals surface area contributed by atoms with Crippen LogP contribution in [0.3, 0.4) is 0 Å². The van der Waals surface area contributed by atoms with Gasteiger partial charge < -0.3 is 4.90 Å². The first-order valence-corrected chi connectivity index (χ1v) is 7.62. The Hall–Kier alpha value is -1.13. The summed E-state index contributed by atoms with van der Waals surface area (Å²) in [5.74, 6) is -0.157. The van der Waals surface area contributed by atoms with Crippen LogP contribution in [0.4, 0.5) is 10.1 Å². The number of likely N-dealkylation sites (tertiary alicyclic amines) is 1. The van der Waals surface area contributed by atoms with Crippen LogP contribution in [0.1, 0.15) is 13.8 Å². The maximum absolute atomic E-state index is 12.9. The highest BCUT2D eigenvalue weighted by molar-refractivity contribution is 5.46. The molecule has 3 rings (SSSR count). The van der Waals surface area contributed by atoms with Crippen molar-refractivity contribution in [1.29, 1.82) is 0 Å². The number of halogens is 1. The summed E-state index contributed by atoms with van der Waals surface area (Å²) in [5.41, 5.74) is 1.14. The van der Waals surface area contributed by atoms with E-state index >= 15 is 0 Å². The van der Waals surface area contributed by atoms with Gasteiger partial charge in [-0.3, -0.25) is 9.80 Å². The minimum Gasteiger partial charge on any atom is -0.369 e. The summed E-state index contributed by atoms with van der Waals surface area (Å²) in [6.45, 7) is 11.3. The van der Waals surface area contributed by atoms with Crippen molar-refractivity contribution in [2.45, 2.75) is 25.9 Å². The van der Waals surface area contributed by atoms with Crippen LogP contribution in [0.15, 0.2) is 24.3 Å². The van der Waals surface area contributed by atoms with Crippen molar-refractivity contribution in [3.63, 3.8) is 0 Å². The van der Waals surface area contributed by atoms with Gasteiger partial charge in [0.2, 0.25) is 0 Å². The normalized spacial score (nSPS) is 22.3. The fourth-order valence-corrected chi connectivity index (χ4v) is 3.14. The summed E-state index contributed by atoms with van der Waals surface area (Å²) >= 11 is 0. The highest BCUT2D eigenvalue weighted by Gasteiger charge is 2.34. The second-order valence-electron chi connectivity index (χ2n) is 6.20. The van der Waals surface area contributed by atoms with E-state index in [9.17, 15) is 4.39 Å². The van der Waals surface area contributed by atoms with Gasteiger partial charge in [-0.2, -0.15) is 0 Å². The van der Waals surface area contributed by atoms with Crippen molar-refractivity contribution in [3.8, 4) is 0 Å². The average Bonchev–Trinajstić information content (AvgIpc) is 2.38. The number of hydrogen-bond donors (Lipinski definition) is 0. The van der Waals surface area contributed by atoms with Crippen molar-refractivity contribution in [2.24, 2.45) is 0 Å². The molecule has 2 aliphatic rings. The Kier molecular flexibility index (Phi) is 3.94. The van der Waals surface area contributed by atoms with Gasteiger partial charge in [0.15, 0.2) is 0 Å². The van der Waals surface area contributed by atoms with E-state index in [1.807, 2.05) is 12.1 Å². The first kappa shape index (κ1) is 13.8. The molecule has 2 fully saturated rings. The molecule has 2 aliphatic heterocycles. The highest BCUT2D eigenvalue weighted by Crippen LogP contribution is 2.22. The van der Waals surface area contributed by atoms with Gasteiger partial charge >= 0.3 is 0 Å². The molecule has 0 aromatic heterocycles. The number of benzene rings is 1. The Morgan fingerprint density at radius 3 is 2.15 bits per heavy atom. The smallest absolute Gasteiger partial charge is 0.123 e. The molecule has 110 valence electrons. The van der Waals surface area contributed by atoms with E-state index in [1.54, 1.807) is 12.1 Å². The fraction of sp³-hybridized carbons (Fsp3) is 0.625. The lowest BCUT2D eigenvalue weighted by molar-refractivity contribution is 0.0115. The molecular formula is C16H24FN3. The van der Waals surface area contributed by atoms with E-state index in [-0.39, 0.29) is 5.82 Å². The third-order valence-electron chi connectivity index (χ3n) is 4.64. The zero-order chi connectivity index (χ0) is 14.1. The number of hydrogen-bond acceptors (Lipinski definition) is 3. The molecule has 0 spiro atoms. The van der Waals surface area contributed by atoms with Crippen molar-refractivity contribution in [1.82, 2.24) is 9.80 Å². The van der Waals surface area contributed by atoms with Crippen molar-refractivity contribution in [3.05, 3.63) is 30.1 Å². The van der Waals surface area contributed by atoms with Crippen LogP contribution in [-0.2, 0) is 0 Å². The summed E-state index contributed by atoms with van der Waals surface area (Å²) < 4.78 is 12.9. The molecular weight excluding hydrogens is 253 g/mol. The minimum atomic E-state index is -0.157. The number of nitrogens with zero attached hydrogens (tertiary/aromatic N) is 3. The molecule has 2 saturated heterocycles. The first-order chi connectivity index (χ1) is 9.63. The molecule has 0 amide bonds. The zero-order valence-corrected chi connectivity index (χ0v) is 12.4. The molecule has 0 unspecified atom stereocenters.